The number of thiazole rings is 1. The van der Waals surface area contributed by atoms with Crippen LogP contribution in [-0.2, 0) is 9.53 Å². The fourth-order valence-corrected chi connectivity index (χ4v) is 5.62. The van der Waals surface area contributed by atoms with Crippen LogP contribution in [0.1, 0.15) is 12.5 Å². The number of thiocarbonyl (C=S) groups is 1. The number of aromatic nitrogens is 1. The number of carbonyl (C=O) groups is 1. The predicted molar refractivity (Wildman–Crippen MR) is 129 cm³/mol. The van der Waals surface area contributed by atoms with Crippen molar-refractivity contribution >= 4 is 62.1 Å². The molecule has 0 bridgehead atoms. The first-order valence-corrected chi connectivity index (χ1v) is 11.5. The SMILES string of the molecule is CCO/C(O)=c1/s/c(=C2/SC(=S)N(c3ccc(C)cc3)C2=O)n(-c2ccccc2)c1=N. The van der Waals surface area contributed by atoms with Crippen molar-refractivity contribution in [3.05, 3.63) is 74.8 Å². The normalized spacial score (nSPS) is 16.6. The Bertz CT molecular complexity index is 1340. The molecule has 1 aliphatic heterocycles. The Labute approximate surface area is 192 Å². The van der Waals surface area contributed by atoms with Crippen molar-refractivity contribution in [2.75, 3.05) is 11.5 Å². The highest BCUT2D eigenvalue weighted by Gasteiger charge is 2.35. The smallest absolute Gasteiger partial charge is 0.298 e. The third kappa shape index (κ3) is 3.91. The van der Waals surface area contributed by atoms with Crippen LogP contribution in [0.3, 0.4) is 0 Å². The number of rotatable bonds is 4. The van der Waals surface area contributed by atoms with Crippen molar-refractivity contribution in [2.45, 2.75) is 13.8 Å². The third-order valence-electron chi connectivity index (χ3n) is 4.59. The Morgan fingerprint density at radius 1 is 1.13 bits per heavy atom. The summed E-state index contributed by atoms with van der Waals surface area (Å²) in [4.78, 5) is 15.3. The van der Waals surface area contributed by atoms with E-state index in [1.807, 2.05) is 61.5 Å². The van der Waals surface area contributed by atoms with Gasteiger partial charge in [-0.2, -0.15) is 0 Å². The molecule has 0 saturated carbocycles. The van der Waals surface area contributed by atoms with E-state index in [9.17, 15) is 9.90 Å². The summed E-state index contributed by atoms with van der Waals surface area (Å²) in [5, 5.41) is 19.0. The fraction of sp³-hybridized carbons (Fsp3) is 0.136. The first-order valence-electron chi connectivity index (χ1n) is 9.47. The highest BCUT2D eigenvalue weighted by molar-refractivity contribution is 8.31. The molecule has 0 aliphatic carbocycles. The largest absolute Gasteiger partial charge is 0.480 e. The van der Waals surface area contributed by atoms with E-state index < -0.39 is 0 Å². The molecule has 2 heterocycles. The van der Waals surface area contributed by atoms with Crippen LogP contribution in [0.4, 0.5) is 5.69 Å². The van der Waals surface area contributed by atoms with Crippen LogP contribution in [0, 0.1) is 12.3 Å². The second-order valence-electron chi connectivity index (χ2n) is 6.67. The summed E-state index contributed by atoms with van der Waals surface area (Å²) in [6.07, 6.45) is 0. The summed E-state index contributed by atoms with van der Waals surface area (Å²) >= 11 is 7.84. The van der Waals surface area contributed by atoms with Gasteiger partial charge in [0, 0.05) is 5.69 Å². The number of nitrogens with zero attached hydrogens (tertiary/aromatic N) is 2. The molecular weight excluding hydrogens is 450 g/mol. The van der Waals surface area contributed by atoms with Crippen LogP contribution in [0.15, 0.2) is 54.6 Å². The lowest BCUT2D eigenvalue weighted by atomic mass is 10.2. The van der Waals surface area contributed by atoms with Crippen molar-refractivity contribution in [1.29, 1.82) is 5.41 Å². The van der Waals surface area contributed by atoms with Gasteiger partial charge in [0.05, 0.1) is 12.3 Å². The zero-order chi connectivity index (χ0) is 22.1. The molecule has 9 heteroatoms. The van der Waals surface area contributed by atoms with E-state index in [-0.39, 0.29) is 28.5 Å². The molecule has 1 fully saturated rings. The molecule has 1 amide bonds. The summed E-state index contributed by atoms with van der Waals surface area (Å²) in [5.41, 5.74) is 2.53. The maximum atomic E-state index is 13.4. The first kappa shape index (κ1) is 21.4. The predicted octanol–water partition coefficient (Wildman–Crippen LogP) is 3.16. The fourth-order valence-electron chi connectivity index (χ4n) is 3.12. The van der Waals surface area contributed by atoms with Crippen LogP contribution in [-0.4, -0.2) is 26.5 Å². The highest BCUT2D eigenvalue weighted by atomic mass is 32.2. The topological polar surface area (TPSA) is 78.6 Å². The standard InChI is InChI=1S/C22H19N3O3S3/c1-3-28-21(27)16-18(23)24(14-7-5-4-6-8-14)20(30-16)17-19(26)25(22(29)31-17)15-11-9-13(2)10-12-15/h4-12,23,27H,3H2,1-2H3/b20-17+,21-16+,23-18?. The number of aliphatic hydroxyl groups excluding tert-OH is 1. The van der Waals surface area contributed by atoms with Gasteiger partial charge in [0.2, 0.25) is 0 Å². The van der Waals surface area contributed by atoms with Crippen molar-refractivity contribution in [1.82, 2.24) is 4.57 Å². The number of carbonyl (C=O) groups excluding carboxylic acids is 1. The maximum Gasteiger partial charge on any atom is 0.298 e. The number of thioether (sulfide) groups is 1. The monoisotopic (exact) mass is 469 g/mol. The Morgan fingerprint density at radius 2 is 1.81 bits per heavy atom. The average Bonchev–Trinajstić information content (AvgIpc) is 3.25. The summed E-state index contributed by atoms with van der Waals surface area (Å²) in [6, 6.07) is 16.8. The van der Waals surface area contributed by atoms with Gasteiger partial charge >= 0.3 is 0 Å². The second kappa shape index (κ2) is 8.70. The van der Waals surface area contributed by atoms with E-state index in [4.69, 9.17) is 22.4 Å². The van der Waals surface area contributed by atoms with Gasteiger partial charge in [-0.25, -0.2) is 0 Å². The molecule has 0 spiro atoms. The van der Waals surface area contributed by atoms with Crippen molar-refractivity contribution in [3.8, 4) is 5.69 Å². The number of ether oxygens (including phenoxy) is 1. The van der Waals surface area contributed by atoms with Crippen LogP contribution >= 0.6 is 35.3 Å². The molecule has 0 radical (unpaired) electrons. The van der Waals surface area contributed by atoms with Crippen molar-refractivity contribution in [2.24, 2.45) is 0 Å². The van der Waals surface area contributed by atoms with E-state index in [1.54, 1.807) is 11.5 Å². The number of benzene rings is 2. The van der Waals surface area contributed by atoms with Gasteiger partial charge in [-0.05, 0) is 38.1 Å². The Kier molecular flexibility index (Phi) is 5.99. The minimum Gasteiger partial charge on any atom is -0.480 e. The van der Waals surface area contributed by atoms with E-state index >= 15 is 0 Å². The molecule has 31 heavy (non-hydrogen) atoms. The molecule has 4 rings (SSSR count). The molecule has 0 unspecified atom stereocenters. The molecule has 2 aromatic carbocycles. The second-order valence-corrected chi connectivity index (χ2v) is 9.31. The summed E-state index contributed by atoms with van der Waals surface area (Å²) in [6.45, 7) is 4.00. The van der Waals surface area contributed by atoms with Crippen LogP contribution in [0.2, 0.25) is 0 Å². The molecule has 0 atom stereocenters. The number of hydrogen-bond acceptors (Lipinski definition) is 7. The van der Waals surface area contributed by atoms with Crippen LogP contribution in [0.25, 0.3) is 16.5 Å². The van der Waals surface area contributed by atoms with Gasteiger partial charge in [0.1, 0.15) is 9.57 Å². The number of hydrogen-bond donors (Lipinski definition) is 2. The minimum absolute atomic E-state index is 0.0396. The number of amides is 1. The third-order valence-corrected chi connectivity index (χ3v) is 7.23. The average molecular weight is 470 g/mol. The quantitative estimate of drug-likeness (QED) is 0.574. The van der Waals surface area contributed by atoms with Gasteiger partial charge in [-0.3, -0.25) is 19.7 Å². The van der Waals surface area contributed by atoms with E-state index in [1.165, 1.54) is 16.7 Å². The zero-order valence-corrected chi connectivity index (χ0v) is 19.2. The number of aryl methyl sites for hydroxylation is 1. The minimum atomic E-state index is -0.331. The maximum absolute atomic E-state index is 13.4. The molecule has 158 valence electrons. The molecule has 1 saturated heterocycles. The Balaban J connectivity index is 1.99. The number of anilines is 1. The zero-order valence-electron chi connectivity index (χ0n) is 16.8. The molecular formula is C22H19N3O3S3. The Hall–Kier alpha value is -2.88. The summed E-state index contributed by atoms with van der Waals surface area (Å²) in [7, 11) is 0. The first-order chi connectivity index (χ1) is 14.9. The summed E-state index contributed by atoms with van der Waals surface area (Å²) in [5.74, 6) is -0.588. The van der Waals surface area contributed by atoms with Crippen molar-refractivity contribution < 1.29 is 14.6 Å². The van der Waals surface area contributed by atoms with Gasteiger partial charge < -0.3 is 9.84 Å². The molecule has 1 aromatic heterocycles. The highest BCUT2D eigenvalue weighted by Crippen LogP contribution is 2.35. The summed E-state index contributed by atoms with van der Waals surface area (Å²) < 4.78 is 8.06. The van der Waals surface area contributed by atoms with Crippen molar-refractivity contribution in [3.63, 3.8) is 0 Å². The van der Waals surface area contributed by atoms with E-state index in [0.29, 0.717) is 25.3 Å². The molecule has 3 aromatic rings. The number of para-hydroxylation sites is 1. The van der Waals surface area contributed by atoms with E-state index in [0.717, 1.165) is 16.9 Å². The van der Waals surface area contributed by atoms with Gasteiger partial charge in [0.25, 0.3) is 11.9 Å². The lowest BCUT2D eigenvalue weighted by Crippen LogP contribution is -2.33. The van der Waals surface area contributed by atoms with Gasteiger partial charge in [0.15, 0.2) is 14.3 Å². The lowest BCUT2D eigenvalue weighted by Gasteiger charge is -2.14. The Morgan fingerprint density at radius 3 is 2.45 bits per heavy atom. The van der Waals surface area contributed by atoms with Gasteiger partial charge in [-0.15, -0.1) is 11.3 Å². The number of aliphatic hydroxyl groups is 1. The lowest BCUT2D eigenvalue weighted by molar-refractivity contribution is -0.112. The molecule has 1 aliphatic rings. The molecule has 6 nitrogen and oxygen atoms in total. The van der Waals surface area contributed by atoms with Crippen LogP contribution < -0.4 is 19.6 Å². The van der Waals surface area contributed by atoms with Crippen LogP contribution in [0.5, 0.6) is 0 Å². The number of nitrogens with one attached hydrogen (secondary N) is 1. The molecule has 2 N–H and O–H groups in total. The van der Waals surface area contributed by atoms with E-state index in [2.05, 4.69) is 0 Å². The van der Waals surface area contributed by atoms with Gasteiger partial charge in [-0.1, -0.05) is 59.9 Å².